The first-order valence-electron chi connectivity index (χ1n) is 6.91. The van der Waals surface area contributed by atoms with E-state index in [9.17, 15) is 18.4 Å². The van der Waals surface area contributed by atoms with Crippen molar-refractivity contribution in [2.24, 2.45) is 5.10 Å². The third kappa shape index (κ3) is 4.67. The van der Waals surface area contributed by atoms with Crippen LogP contribution in [0.25, 0.3) is 0 Å². The Balaban J connectivity index is 2.23. The van der Waals surface area contributed by atoms with Gasteiger partial charge in [0.15, 0.2) is 11.6 Å². The Morgan fingerprint density at radius 1 is 1.04 bits per heavy atom. The Morgan fingerprint density at radius 3 is 2.38 bits per heavy atom. The average molecular weight is 333 g/mol. The van der Waals surface area contributed by atoms with Crippen LogP contribution in [0.5, 0.6) is 0 Å². The number of aromatic nitrogens is 1. The minimum Gasteiger partial charge on any atom is -0.481 e. The smallest absolute Gasteiger partial charge is 0.303 e. The zero-order valence-electron chi connectivity index (χ0n) is 12.4. The standard InChI is InChI=1S/C16H13F2N3O3/c17-12-2-1-11(9-13(12)18)14(3-4-15(22)23)20-21-16(24)10-5-7-19-8-6-10/h1-2,5-9H,3-4H2,(H,21,24)(H,22,23)/b20-14-. The van der Waals surface area contributed by atoms with Gasteiger partial charge >= 0.3 is 5.97 Å². The third-order valence-corrected chi connectivity index (χ3v) is 3.06. The van der Waals surface area contributed by atoms with E-state index in [0.29, 0.717) is 5.56 Å². The van der Waals surface area contributed by atoms with Crippen LogP contribution in [0.2, 0.25) is 0 Å². The van der Waals surface area contributed by atoms with Gasteiger partial charge in [-0.05, 0) is 30.3 Å². The van der Waals surface area contributed by atoms with Crippen molar-refractivity contribution in [2.75, 3.05) is 0 Å². The predicted molar refractivity (Wildman–Crippen MR) is 81.5 cm³/mol. The maximum Gasteiger partial charge on any atom is 0.303 e. The highest BCUT2D eigenvalue weighted by molar-refractivity contribution is 6.03. The van der Waals surface area contributed by atoms with Gasteiger partial charge in [-0.15, -0.1) is 0 Å². The number of carbonyl (C=O) groups excluding carboxylic acids is 1. The Morgan fingerprint density at radius 2 is 1.75 bits per heavy atom. The van der Waals surface area contributed by atoms with Crippen LogP contribution in [0.4, 0.5) is 8.78 Å². The maximum atomic E-state index is 13.4. The SMILES string of the molecule is O=C(O)CC/C(=N/NC(=O)c1ccncc1)c1ccc(F)c(F)c1. The molecule has 124 valence electrons. The fourth-order valence-corrected chi connectivity index (χ4v) is 1.85. The summed E-state index contributed by atoms with van der Waals surface area (Å²) in [5, 5.41) is 12.6. The largest absolute Gasteiger partial charge is 0.481 e. The monoisotopic (exact) mass is 333 g/mol. The van der Waals surface area contributed by atoms with E-state index in [0.717, 1.165) is 12.1 Å². The molecule has 0 fully saturated rings. The van der Waals surface area contributed by atoms with Crippen LogP contribution >= 0.6 is 0 Å². The van der Waals surface area contributed by atoms with Crippen LogP contribution in [0.3, 0.4) is 0 Å². The molecule has 1 amide bonds. The number of carboxylic acid groups (broad SMARTS) is 1. The number of halogens is 2. The van der Waals surface area contributed by atoms with Gasteiger partial charge in [-0.1, -0.05) is 0 Å². The second kappa shape index (κ2) is 7.91. The summed E-state index contributed by atoms with van der Waals surface area (Å²) in [6.45, 7) is 0. The van der Waals surface area contributed by atoms with E-state index in [1.165, 1.54) is 30.6 Å². The topological polar surface area (TPSA) is 91.6 Å². The summed E-state index contributed by atoms with van der Waals surface area (Å²) in [5.41, 5.74) is 2.88. The van der Waals surface area contributed by atoms with Crippen molar-refractivity contribution >= 4 is 17.6 Å². The Kier molecular flexibility index (Phi) is 5.67. The summed E-state index contributed by atoms with van der Waals surface area (Å²) in [6.07, 6.45) is 2.53. The number of carboxylic acids is 1. The molecule has 0 bridgehead atoms. The number of hydrazone groups is 1. The zero-order valence-corrected chi connectivity index (χ0v) is 12.4. The second-order valence-corrected chi connectivity index (χ2v) is 4.76. The number of hydrogen-bond acceptors (Lipinski definition) is 4. The molecule has 2 rings (SSSR count). The molecule has 0 spiro atoms. The molecule has 1 aromatic carbocycles. The summed E-state index contributed by atoms with van der Waals surface area (Å²) in [4.78, 5) is 26.5. The molecule has 24 heavy (non-hydrogen) atoms. The summed E-state index contributed by atoms with van der Waals surface area (Å²) in [6, 6.07) is 6.01. The molecule has 0 radical (unpaired) electrons. The number of nitrogens with zero attached hydrogens (tertiary/aromatic N) is 2. The summed E-state index contributed by atoms with van der Waals surface area (Å²) < 4.78 is 26.4. The van der Waals surface area contributed by atoms with E-state index in [1.807, 2.05) is 0 Å². The van der Waals surface area contributed by atoms with Gasteiger partial charge in [-0.2, -0.15) is 5.10 Å². The van der Waals surface area contributed by atoms with Crippen molar-refractivity contribution in [3.63, 3.8) is 0 Å². The quantitative estimate of drug-likeness (QED) is 0.627. The van der Waals surface area contributed by atoms with Crippen molar-refractivity contribution in [3.05, 3.63) is 65.5 Å². The molecule has 0 aliphatic rings. The minimum atomic E-state index is -1.09. The van der Waals surface area contributed by atoms with Crippen LogP contribution < -0.4 is 5.43 Å². The number of rotatable bonds is 6. The highest BCUT2D eigenvalue weighted by Gasteiger charge is 2.12. The van der Waals surface area contributed by atoms with Gasteiger partial charge in [0.1, 0.15) is 0 Å². The maximum absolute atomic E-state index is 13.4. The second-order valence-electron chi connectivity index (χ2n) is 4.76. The van der Waals surface area contributed by atoms with E-state index in [2.05, 4.69) is 15.5 Å². The Labute approximate surface area is 135 Å². The van der Waals surface area contributed by atoms with Gasteiger partial charge in [-0.25, -0.2) is 14.2 Å². The number of hydrogen-bond donors (Lipinski definition) is 2. The summed E-state index contributed by atoms with van der Waals surface area (Å²) in [7, 11) is 0. The number of benzene rings is 1. The van der Waals surface area contributed by atoms with Crippen LogP contribution in [-0.4, -0.2) is 27.7 Å². The van der Waals surface area contributed by atoms with E-state index in [4.69, 9.17) is 5.11 Å². The average Bonchev–Trinajstić information content (AvgIpc) is 2.58. The number of carbonyl (C=O) groups is 2. The molecule has 0 aliphatic carbocycles. The molecule has 0 saturated heterocycles. The fourth-order valence-electron chi connectivity index (χ4n) is 1.85. The molecule has 0 saturated carbocycles. The molecule has 0 unspecified atom stereocenters. The third-order valence-electron chi connectivity index (χ3n) is 3.06. The Bertz CT molecular complexity index is 779. The highest BCUT2D eigenvalue weighted by atomic mass is 19.2. The zero-order chi connectivity index (χ0) is 17.5. The molecule has 2 aromatic rings. The molecule has 6 nitrogen and oxygen atoms in total. The lowest BCUT2D eigenvalue weighted by atomic mass is 10.1. The van der Waals surface area contributed by atoms with Crippen LogP contribution in [0.1, 0.15) is 28.8 Å². The molecule has 0 aliphatic heterocycles. The number of amides is 1. The van der Waals surface area contributed by atoms with E-state index < -0.39 is 23.5 Å². The first-order chi connectivity index (χ1) is 11.5. The van der Waals surface area contributed by atoms with E-state index in [-0.39, 0.29) is 24.1 Å². The molecular formula is C16H13F2N3O3. The van der Waals surface area contributed by atoms with Gasteiger partial charge in [0.2, 0.25) is 0 Å². The van der Waals surface area contributed by atoms with Crippen LogP contribution in [-0.2, 0) is 4.79 Å². The van der Waals surface area contributed by atoms with Gasteiger partial charge in [0.05, 0.1) is 12.1 Å². The van der Waals surface area contributed by atoms with Crippen LogP contribution in [0.15, 0.2) is 47.8 Å². The normalized spacial score (nSPS) is 11.2. The van der Waals surface area contributed by atoms with Crippen molar-refractivity contribution in [1.29, 1.82) is 0 Å². The lowest BCUT2D eigenvalue weighted by Gasteiger charge is -2.07. The highest BCUT2D eigenvalue weighted by Crippen LogP contribution is 2.12. The van der Waals surface area contributed by atoms with Gasteiger partial charge < -0.3 is 5.11 Å². The lowest BCUT2D eigenvalue weighted by Crippen LogP contribution is -2.20. The minimum absolute atomic E-state index is 0.0585. The molecular weight excluding hydrogens is 320 g/mol. The van der Waals surface area contributed by atoms with Crippen molar-refractivity contribution in [3.8, 4) is 0 Å². The van der Waals surface area contributed by atoms with Gasteiger partial charge in [0.25, 0.3) is 5.91 Å². The predicted octanol–water partition coefficient (Wildman–Crippen LogP) is 2.36. The van der Waals surface area contributed by atoms with Crippen molar-refractivity contribution in [2.45, 2.75) is 12.8 Å². The lowest BCUT2D eigenvalue weighted by molar-refractivity contribution is -0.136. The molecule has 1 aromatic heterocycles. The summed E-state index contributed by atoms with van der Waals surface area (Å²) in [5.74, 6) is -3.73. The first kappa shape index (κ1) is 17.2. The summed E-state index contributed by atoms with van der Waals surface area (Å²) >= 11 is 0. The Hall–Kier alpha value is -3.16. The number of aliphatic carboxylic acids is 1. The van der Waals surface area contributed by atoms with Gasteiger partial charge in [-0.3, -0.25) is 14.6 Å². The van der Waals surface area contributed by atoms with E-state index >= 15 is 0 Å². The van der Waals surface area contributed by atoms with Crippen molar-refractivity contribution in [1.82, 2.24) is 10.4 Å². The van der Waals surface area contributed by atoms with E-state index in [1.54, 1.807) is 0 Å². The fraction of sp³-hybridized carbons (Fsp3) is 0.125. The number of nitrogens with one attached hydrogen (secondary N) is 1. The molecule has 0 atom stereocenters. The first-order valence-corrected chi connectivity index (χ1v) is 6.91. The molecule has 1 heterocycles. The molecule has 8 heteroatoms. The van der Waals surface area contributed by atoms with Crippen LogP contribution in [0, 0.1) is 11.6 Å². The molecule has 2 N–H and O–H groups in total. The van der Waals surface area contributed by atoms with Gasteiger partial charge in [0, 0.05) is 29.9 Å². The number of pyridine rings is 1. The van der Waals surface area contributed by atoms with Crippen molar-refractivity contribution < 1.29 is 23.5 Å².